The highest BCUT2D eigenvalue weighted by molar-refractivity contribution is 9.10. The topological polar surface area (TPSA) is 29.3 Å². The van der Waals surface area contributed by atoms with E-state index in [-0.39, 0.29) is 0 Å². The number of rotatable bonds is 1. The van der Waals surface area contributed by atoms with Gasteiger partial charge < -0.3 is 10.6 Å². The van der Waals surface area contributed by atoms with Crippen molar-refractivity contribution in [2.45, 2.75) is 44.6 Å². The monoisotopic (exact) mass is 308 g/mol. The Bertz CT molecular complexity index is 431. The van der Waals surface area contributed by atoms with E-state index in [2.05, 4.69) is 26.9 Å². The quantitative estimate of drug-likeness (QED) is 0.788. The lowest BCUT2D eigenvalue weighted by molar-refractivity contribution is 0.243. The molecule has 3 rings (SSSR count). The molecule has 0 bridgehead atoms. The first-order chi connectivity index (χ1) is 8.75. The number of nitrogen functional groups attached to an aromatic ring is 1. The molecule has 2 atom stereocenters. The summed E-state index contributed by atoms with van der Waals surface area (Å²) in [5.41, 5.74) is 8.01. The molecule has 2 nitrogen and oxygen atoms in total. The second-order valence-electron chi connectivity index (χ2n) is 5.66. The third-order valence-electron chi connectivity index (χ3n) is 4.52. The SMILES string of the molecule is Nc1ccc(N2CCC[C@H]3CCCC[C@H]32)c(Br)c1. The van der Waals surface area contributed by atoms with Crippen LogP contribution in [0.3, 0.4) is 0 Å². The summed E-state index contributed by atoms with van der Waals surface area (Å²) in [6.07, 6.45) is 8.36. The van der Waals surface area contributed by atoms with E-state index in [4.69, 9.17) is 5.73 Å². The molecule has 0 aromatic heterocycles. The van der Waals surface area contributed by atoms with Crippen molar-refractivity contribution in [3.8, 4) is 0 Å². The number of nitrogens with two attached hydrogens (primary N) is 1. The second kappa shape index (κ2) is 5.12. The number of hydrogen-bond donors (Lipinski definition) is 1. The summed E-state index contributed by atoms with van der Waals surface area (Å²) >= 11 is 3.68. The Morgan fingerprint density at radius 1 is 1.11 bits per heavy atom. The van der Waals surface area contributed by atoms with Gasteiger partial charge in [0.25, 0.3) is 0 Å². The Labute approximate surface area is 118 Å². The standard InChI is InChI=1S/C15H21BrN2/c16-13-10-12(17)7-8-15(13)18-9-3-5-11-4-1-2-6-14(11)18/h7-8,10-11,14H,1-6,9,17H2/t11-,14-/m1/s1. The summed E-state index contributed by atoms with van der Waals surface area (Å²) in [6, 6.07) is 6.98. The van der Waals surface area contributed by atoms with Crippen LogP contribution in [-0.4, -0.2) is 12.6 Å². The summed E-state index contributed by atoms with van der Waals surface area (Å²) in [7, 11) is 0. The molecular weight excluding hydrogens is 288 g/mol. The molecule has 1 saturated heterocycles. The maximum atomic E-state index is 5.84. The molecule has 1 aromatic carbocycles. The molecule has 1 aromatic rings. The van der Waals surface area contributed by atoms with Crippen LogP contribution < -0.4 is 10.6 Å². The van der Waals surface area contributed by atoms with E-state index in [1.165, 1.54) is 50.8 Å². The fourth-order valence-electron chi connectivity index (χ4n) is 3.68. The van der Waals surface area contributed by atoms with Crippen molar-refractivity contribution in [2.24, 2.45) is 5.92 Å². The highest BCUT2D eigenvalue weighted by Gasteiger charge is 2.33. The summed E-state index contributed by atoms with van der Waals surface area (Å²) in [5, 5.41) is 0. The largest absolute Gasteiger partial charge is 0.399 e. The fourth-order valence-corrected chi connectivity index (χ4v) is 4.30. The maximum absolute atomic E-state index is 5.84. The van der Waals surface area contributed by atoms with E-state index in [1.54, 1.807) is 0 Å². The number of halogens is 1. The zero-order valence-electron chi connectivity index (χ0n) is 10.7. The number of piperidine rings is 1. The lowest BCUT2D eigenvalue weighted by Crippen LogP contribution is -2.47. The lowest BCUT2D eigenvalue weighted by Gasteiger charge is -2.45. The van der Waals surface area contributed by atoms with Gasteiger partial charge in [-0.3, -0.25) is 0 Å². The molecule has 2 N–H and O–H groups in total. The van der Waals surface area contributed by atoms with Crippen LogP contribution in [0.4, 0.5) is 11.4 Å². The zero-order chi connectivity index (χ0) is 12.5. The molecule has 98 valence electrons. The second-order valence-corrected chi connectivity index (χ2v) is 6.51. The minimum atomic E-state index is 0.757. The number of fused-ring (bicyclic) bond motifs is 1. The van der Waals surface area contributed by atoms with Gasteiger partial charge in [0.05, 0.1) is 5.69 Å². The van der Waals surface area contributed by atoms with Crippen LogP contribution in [0.5, 0.6) is 0 Å². The molecule has 3 heteroatoms. The van der Waals surface area contributed by atoms with Crippen LogP contribution in [0, 0.1) is 5.92 Å². The van der Waals surface area contributed by atoms with Crippen molar-refractivity contribution in [1.29, 1.82) is 0 Å². The average molecular weight is 309 g/mol. The summed E-state index contributed by atoms with van der Waals surface area (Å²) in [5.74, 6) is 0.914. The summed E-state index contributed by atoms with van der Waals surface area (Å²) < 4.78 is 1.15. The molecule has 2 aliphatic rings. The van der Waals surface area contributed by atoms with Crippen LogP contribution in [0.2, 0.25) is 0 Å². The van der Waals surface area contributed by atoms with Crippen LogP contribution in [0.15, 0.2) is 22.7 Å². The highest BCUT2D eigenvalue weighted by atomic mass is 79.9. The predicted molar refractivity (Wildman–Crippen MR) is 80.9 cm³/mol. The van der Waals surface area contributed by atoms with Gasteiger partial charge in [-0.05, 0) is 65.7 Å². The van der Waals surface area contributed by atoms with Gasteiger partial charge in [0, 0.05) is 22.7 Å². The Hall–Kier alpha value is -0.700. The zero-order valence-corrected chi connectivity index (χ0v) is 12.3. The normalized spacial score (nSPS) is 27.9. The third-order valence-corrected chi connectivity index (χ3v) is 5.16. The fraction of sp³-hybridized carbons (Fsp3) is 0.600. The maximum Gasteiger partial charge on any atom is 0.0514 e. The average Bonchev–Trinajstić information content (AvgIpc) is 2.38. The summed E-state index contributed by atoms with van der Waals surface area (Å²) in [6.45, 7) is 1.20. The van der Waals surface area contributed by atoms with Crippen LogP contribution >= 0.6 is 15.9 Å². The van der Waals surface area contributed by atoms with Gasteiger partial charge in [-0.2, -0.15) is 0 Å². The van der Waals surface area contributed by atoms with Crippen molar-refractivity contribution < 1.29 is 0 Å². The molecule has 1 heterocycles. The first-order valence-electron chi connectivity index (χ1n) is 7.07. The van der Waals surface area contributed by atoms with Crippen molar-refractivity contribution in [3.05, 3.63) is 22.7 Å². The van der Waals surface area contributed by atoms with Gasteiger partial charge in [0.15, 0.2) is 0 Å². The summed E-state index contributed by atoms with van der Waals surface area (Å²) in [4.78, 5) is 2.62. The molecule has 0 radical (unpaired) electrons. The van der Waals surface area contributed by atoms with E-state index in [9.17, 15) is 0 Å². The number of anilines is 2. The molecule has 1 saturated carbocycles. The number of nitrogens with zero attached hydrogens (tertiary/aromatic N) is 1. The van der Waals surface area contributed by atoms with Crippen molar-refractivity contribution in [2.75, 3.05) is 17.2 Å². The van der Waals surface area contributed by atoms with Crippen molar-refractivity contribution in [3.63, 3.8) is 0 Å². The van der Waals surface area contributed by atoms with Gasteiger partial charge in [-0.25, -0.2) is 0 Å². The Kier molecular flexibility index (Phi) is 3.51. The molecule has 0 spiro atoms. The van der Waals surface area contributed by atoms with E-state index in [0.717, 1.165) is 22.1 Å². The smallest absolute Gasteiger partial charge is 0.0514 e. The molecule has 1 aliphatic carbocycles. The number of hydrogen-bond acceptors (Lipinski definition) is 2. The lowest BCUT2D eigenvalue weighted by atomic mass is 9.78. The van der Waals surface area contributed by atoms with Gasteiger partial charge >= 0.3 is 0 Å². The van der Waals surface area contributed by atoms with E-state index in [0.29, 0.717) is 0 Å². The highest BCUT2D eigenvalue weighted by Crippen LogP contribution is 2.40. The molecule has 0 amide bonds. The minimum absolute atomic E-state index is 0.757. The van der Waals surface area contributed by atoms with Crippen LogP contribution in [0.25, 0.3) is 0 Å². The molecule has 2 fully saturated rings. The molecule has 0 unspecified atom stereocenters. The Balaban J connectivity index is 1.89. The first-order valence-corrected chi connectivity index (χ1v) is 7.86. The van der Waals surface area contributed by atoms with Crippen molar-refractivity contribution in [1.82, 2.24) is 0 Å². The molecule has 18 heavy (non-hydrogen) atoms. The van der Waals surface area contributed by atoms with Crippen LogP contribution in [0.1, 0.15) is 38.5 Å². The van der Waals surface area contributed by atoms with Crippen molar-refractivity contribution >= 4 is 27.3 Å². The van der Waals surface area contributed by atoms with Gasteiger partial charge in [0.2, 0.25) is 0 Å². The number of benzene rings is 1. The van der Waals surface area contributed by atoms with E-state index >= 15 is 0 Å². The first kappa shape index (κ1) is 12.3. The molecule has 1 aliphatic heterocycles. The van der Waals surface area contributed by atoms with E-state index in [1.807, 2.05) is 12.1 Å². The predicted octanol–water partition coefficient (Wildman–Crippen LogP) is 4.19. The van der Waals surface area contributed by atoms with Crippen LogP contribution in [-0.2, 0) is 0 Å². The third kappa shape index (κ3) is 2.25. The van der Waals surface area contributed by atoms with E-state index < -0.39 is 0 Å². The Morgan fingerprint density at radius 2 is 1.89 bits per heavy atom. The Morgan fingerprint density at radius 3 is 2.72 bits per heavy atom. The van der Waals surface area contributed by atoms with Gasteiger partial charge in [-0.15, -0.1) is 0 Å². The van der Waals surface area contributed by atoms with Gasteiger partial charge in [0.1, 0.15) is 0 Å². The minimum Gasteiger partial charge on any atom is -0.399 e. The molecular formula is C15H21BrN2. The van der Waals surface area contributed by atoms with Gasteiger partial charge in [-0.1, -0.05) is 12.8 Å².